The molecule has 1 atom stereocenters. The first-order valence-electron chi connectivity index (χ1n) is 9.83. The molecule has 0 aliphatic carbocycles. The second-order valence-electron chi connectivity index (χ2n) is 7.55. The lowest BCUT2D eigenvalue weighted by molar-refractivity contribution is -0.142. The summed E-state index contributed by atoms with van der Waals surface area (Å²) >= 11 is 12.6. The lowest BCUT2D eigenvalue weighted by Crippen LogP contribution is -2.50. The van der Waals surface area contributed by atoms with Gasteiger partial charge in [-0.2, -0.15) is 0 Å². The van der Waals surface area contributed by atoms with E-state index in [9.17, 15) is 9.59 Å². The highest BCUT2D eigenvalue weighted by Gasteiger charge is 2.28. The van der Waals surface area contributed by atoms with Crippen LogP contribution in [0.1, 0.15) is 37.5 Å². The molecule has 2 rings (SSSR count). The minimum atomic E-state index is -0.727. The van der Waals surface area contributed by atoms with Crippen molar-refractivity contribution in [2.75, 3.05) is 6.61 Å². The van der Waals surface area contributed by atoms with Crippen LogP contribution in [0.3, 0.4) is 0 Å². The van der Waals surface area contributed by atoms with Crippen LogP contribution in [0.2, 0.25) is 10.0 Å². The van der Waals surface area contributed by atoms with Crippen molar-refractivity contribution in [1.29, 1.82) is 0 Å². The van der Waals surface area contributed by atoms with Crippen LogP contribution in [-0.2, 0) is 16.1 Å². The number of hydrogen-bond donors (Lipinski definition) is 1. The summed E-state index contributed by atoms with van der Waals surface area (Å²) in [6.45, 7) is 9.23. The number of aryl methyl sites for hydroxylation is 1. The van der Waals surface area contributed by atoms with Gasteiger partial charge in [-0.3, -0.25) is 9.59 Å². The summed E-state index contributed by atoms with van der Waals surface area (Å²) in [5.41, 5.74) is 2.63. The van der Waals surface area contributed by atoms with E-state index >= 15 is 0 Å². The van der Waals surface area contributed by atoms with Crippen LogP contribution in [0.15, 0.2) is 36.4 Å². The van der Waals surface area contributed by atoms with Crippen LogP contribution < -0.4 is 10.1 Å². The van der Waals surface area contributed by atoms with Crippen molar-refractivity contribution in [3.8, 4) is 5.75 Å². The first kappa shape index (κ1) is 24.0. The summed E-state index contributed by atoms with van der Waals surface area (Å²) in [6, 6.07) is 10.0. The SMILES string of the molecule is Cc1cccc(OCC(=O)N(Cc2c(Cl)cccc2Cl)[C@H](C)C(=O)NC(C)C)c1C. The topological polar surface area (TPSA) is 58.6 Å². The number of halogens is 2. The third-order valence-corrected chi connectivity index (χ3v) is 5.60. The third-order valence-electron chi connectivity index (χ3n) is 4.89. The minimum absolute atomic E-state index is 0.0491. The average molecular weight is 451 g/mol. The molecule has 7 heteroatoms. The molecule has 2 aromatic carbocycles. The Morgan fingerprint density at radius 1 is 1.03 bits per heavy atom. The summed E-state index contributed by atoms with van der Waals surface area (Å²) in [6.07, 6.45) is 0. The van der Waals surface area contributed by atoms with Gasteiger partial charge in [-0.25, -0.2) is 0 Å². The minimum Gasteiger partial charge on any atom is -0.483 e. The Morgan fingerprint density at radius 2 is 1.63 bits per heavy atom. The fourth-order valence-corrected chi connectivity index (χ4v) is 3.46. The number of ether oxygens (including phenoxy) is 1. The molecule has 5 nitrogen and oxygen atoms in total. The Hall–Kier alpha value is -2.24. The van der Waals surface area contributed by atoms with Crippen LogP contribution in [0.4, 0.5) is 0 Å². The van der Waals surface area contributed by atoms with Crippen LogP contribution >= 0.6 is 23.2 Å². The van der Waals surface area contributed by atoms with Gasteiger partial charge in [0.05, 0.1) is 0 Å². The molecule has 0 aliphatic heterocycles. The van der Waals surface area contributed by atoms with Gasteiger partial charge >= 0.3 is 0 Å². The second kappa shape index (κ2) is 10.7. The Balaban J connectivity index is 2.26. The van der Waals surface area contributed by atoms with E-state index in [1.54, 1.807) is 25.1 Å². The molecule has 0 aliphatic rings. The van der Waals surface area contributed by atoms with Crippen LogP contribution in [0.25, 0.3) is 0 Å². The Bertz CT molecular complexity index is 895. The summed E-state index contributed by atoms with van der Waals surface area (Å²) in [7, 11) is 0. The molecule has 0 unspecified atom stereocenters. The molecule has 0 bridgehead atoms. The number of rotatable bonds is 8. The second-order valence-corrected chi connectivity index (χ2v) is 8.36. The van der Waals surface area contributed by atoms with Gasteiger partial charge in [0, 0.05) is 28.2 Å². The van der Waals surface area contributed by atoms with Crippen molar-refractivity contribution in [3.63, 3.8) is 0 Å². The Kier molecular flexibility index (Phi) is 8.56. The molecule has 0 heterocycles. The molecule has 0 saturated heterocycles. The maximum atomic E-state index is 13.1. The molecule has 2 aromatic rings. The highest BCUT2D eigenvalue weighted by Crippen LogP contribution is 2.27. The molecule has 0 fully saturated rings. The van der Waals surface area contributed by atoms with Crippen molar-refractivity contribution in [2.45, 2.75) is 53.2 Å². The first-order chi connectivity index (χ1) is 14.1. The van der Waals surface area contributed by atoms with Crippen molar-refractivity contribution in [2.24, 2.45) is 0 Å². The van der Waals surface area contributed by atoms with E-state index < -0.39 is 6.04 Å². The van der Waals surface area contributed by atoms with Crippen molar-refractivity contribution < 1.29 is 14.3 Å². The number of nitrogens with zero attached hydrogens (tertiary/aromatic N) is 1. The van der Waals surface area contributed by atoms with E-state index in [4.69, 9.17) is 27.9 Å². The predicted octanol–water partition coefficient (Wildman–Crippen LogP) is 4.93. The molecule has 0 aromatic heterocycles. The third kappa shape index (κ3) is 6.13. The fourth-order valence-electron chi connectivity index (χ4n) is 2.94. The molecule has 0 spiro atoms. The standard InChI is InChI=1S/C23H28Cl2N2O3/c1-14(2)26-23(29)17(5)27(12-18-19(24)9-7-10-20(18)25)22(28)13-30-21-11-6-8-15(3)16(21)4/h6-11,14,17H,12-13H2,1-5H3,(H,26,29)/t17-/m1/s1. The first-order valence-corrected chi connectivity index (χ1v) is 10.6. The summed E-state index contributed by atoms with van der Waals surface area (Å²) in [4.78, 5) is 27.2. The zero-order valence-electron chi connectivity index (χ0n) is 18.0. The predicted molar refractivity (Wildman–Crippen MR) is 121 cm³/mol. The van der Waals surface area contributed by atoms with Gasteiger partial charge < -0.3 is 15.0 Å². The zero-order valence-corrected chi connectivity index (χ0v) is 19.5. The number of nitrogens with one attached hydrogen (secondary N) is 1. The molecular weight excluding hydrogens is 423 g/mol. The summed E-state index contributed by atoms with van der Waals surface area (Å²) in [5, 5.41) is 3.72. The number of hydrogen-bond acceptors (Lipinski definition) is 3. The molecule has 30 heavy (non-hydrogen) atoms. The Labute approximate surface area is 188 Å². The number of carbonyl (C=O) groups excluding carboxylic acids is 2. The average Bonchev–Trinajstić information content (AvgIpc) is 2.67. The van der Waals surface area contributed by atoms with Crippen molar-refractivity contribution in [1.82, 2.24) is 10.2 Å². The van der Waals surface area contributed by atoms with E-state index in [-0.39, 0.29) is 31.0 Å². The van der Waals surface area contributed by atoms with Crippen LogP contribution in [0.5, 0.6) is 5.75 Å². The molecular formula is C23H28Cl2N2O3. The van der Waals surface area contributed by atoms with Crippen LogP contribution in [-0.4, -0.2) is 35.4 Å². The monoisotopic (exact) mass is 450 g/mol. The lowest BCUT2D eigenvalue weighted by atomic mass is 10.1. The van der Waals surface area contributed by atoms with Gasteiger partial charge in [-0.1, -0.05) is 41.4 Å². The van der Waals surface area contributed by atoms with Gasteiger partial charge in [0.25, 0.3) is 5.91 Å². The molecule has 0 saturated carbocycles. The Morgan fingerprint density at radius 3 is 2.23 bits per heavy atom. The summed E-state index contributed by atoms with van der Waals surface area (Å²) in [5.74, 6) is 0.0462. The van der Waals surface area contributed by atoms with Gasteiger partial charge in [0.1, 0.15) is 11.8 Å². The highest BCUT2D eigenvalue weighted by atomic mass is 35.5. The number of benzene rings is 2. The number of carbonyl (C=O) groups is 2. The smallest absolute Gasteiger partial charge is 0.261 e. The van der Waals surface area contributed by atoms with E-state index in [0.717, 1.165) is 11.1 Å². The zero-order chi connectivity index (χ0) is 22.4. The molecule has 1 N–H and O–H groups in total. The van der Waals surface area contributed by atoms with E-state index in [2.05, 4.69) is 5.32 Å². The lowest BCUT2D eigenvalue weighted by Gasteiger charge is -2.30. The highest BCUT2D eigenvalue weighted by molar-refractivity contribution is 6.36. The van der Waals surface area contributed by atoms with E-state index in [1.165, 1.54) is 4.90 Å². The molecule has 2 amide bonds. The van der Waals surface area contributed by atoms with Crippen molar-refractivity contribution in [3.05, 3.63) is 63.1 Å². The quantitative estimate of drug-likeness (QED) is 0.619. The molecule has 0 radical (unpaired) electrons. The fraction of sp³-hybridized carbons (Fsp3) is 0.391. The van der Waals surface area contributed by atoms with Gasteiger partial charge in [0.15, 0.2) is 6.61 Å². The largest absolute Gasteiger partial charge is 0.483 e. The van der Waals surface area contributed by atoms with Crippen LogP contribution in [0, 0.1) is 13.8 Å². The van der Waals surface area contributed by atoms with Gasteiger partial charge in [-0.05, 0) is 63.9 Å². The van der Waals surface area contributed by atoms with Crippen molar-refractivity contribution >= 4 is 35.0 Å². The normalized spacial score (nSPS) is 11.9. The number of amides is 2. The van der Waals surface area contributed by atoms with E-state index in [0.29, 0.717) is 21.4 Å². The summed E-state index contributed by atoms with van der Waals surface area (Å²) < 4.78 is 5.78. The van der Waals surface area contributed by atoms with E-state index in [1.807, 2.05) is 45.9 Å². The van der Waals surface area contributed by atoms with Gasteiger partial charge in [-0.15, -0.1) is 0 Å². The maximum absolute atomic E-state index is 13.1. The maximum Gasteiger partial charge on any atom is 0.261 e. The van der Waals surface area contributed by atoms with Gasteiger partial charge in [0.2, 0.25) is 5.91 Å². The molecule has 162 valence electrons.